The third kappa shape index (κ3) is 5.18. The van der Waals surface area contributed by atoms with Gasteiger partial charge in [0.15, 0.2) is 16.9 Å². The molecule has 5 nitrogen and oxygen atoms in total. The number of halogens is 1. The molecule has 0 atom stereocenters. The van der Waals surface area contributed by atoms with Crippen LogP contribution >= 0.6 is 0 Å². The average molecular weight is 354 g/mol. The SMILES string of the molecule is CCCCCOC(=O)C(CC)(CC)C(=O)Oc1ccc(F)cc1OC. The predicted octanol–water partition coefficient (Wildman–Crippen LogP) is 4.28. The highest BCUT2D eigenvalue weighted by molar-refractivity contribution is 6.00. The van der Waals surface area contributed by atoms with Crippen molar-refractivity contribution in [1.82, 2.24) is 0 Å². The molecule has 140 valence electrons. The van der Waals surface area contributed by atoms with Gasteiger partial charge in [-0.2, -0.15) is 0 Å². The highest BCUT2D eigenvalue weighted by Crippen LogP contribution is 2.34. The van der Waals surface area contributed by atoms with E-state index in [1.165, 1.54) is 13.2 Å². The molecular formula is C19H27FO5. The molecule has 0 amide bonds. The Bertz CT molecular complexity index is 581. The van der Waals surface area contributed by atoms with Gasteiger partial charge in [0, 0.05) is 6.07 Å². The van der Waals surface area contributed by atoms with Crippen LogP contribution in [0.1, 0.15) is 52.9 Å². The Morgan fingerprint density at radius 2 is 1.72 bits per heavy atom. The van der Waals surface area contributed by atoms with Crippen LogP contribution in [-0.4, -0.2) is 25.7 Å². The minimum Gasteiger partial charge on any atom is -0.493 e. The van der Waals surface area contributed by atoms with E-state index >= 15 is 0 Å². The maximum absolute atomic E-state index is 13.3. The first kappa shape index (κ1) is 20.9. The normalized spacial score (nSPS) is 11.1. The third-order valence-corrected chi connectivity index (χ3v) is 4.30. The quantitative estimate of drug-likeness (QED) is 0.272. The van der Waals surface area contributed by atoms with E-state index in [-0.39, 0.29) is 30.9 Å². The van der Waals surface area contributed by atoms with Crippen molar-refractivity contribution >= 4 is 11.9 Å². The van der Waals surface area contributed by atoms with Crippen LogP contribution in [0.2, 0.25) is 0 Å². The molecule has 0 aliphatic heterocycles. The van der Waals surface area contributed by atoms with Gasteiger partial charge in [0.1, 0.15) is 5.82 Å². The summed E-state index contributed by atoms with van der Waals surface area (Å²) in [5.41, 5.74) is -1.38. The van der Waals surface area contributed by atoms with Crippen molar-refractivity contribution in [3.63, 3.8) is 0 Å². The second kappa shape index (κ2) is 10.0. The molecule has 25 heavy (non-hydrogen) atoms. The summed E-state index contributed by atoms with van der Waals surface area (Å²) in [4.78, 5) is 25.2. The number of benzene rings is 1. The number of hydrogen-bond donors (Lipinski definition) is 0. The third-order valence-electron chi connectivity index (χ3n) is 4.30. The van der Waals surface area contributed by atoms with E-state index in [1.807, 2.05) is 0 Å². The second-order valence-corrected chi connectivity index (χ2v) is 5.82. The van der Waals surface area contributed by atoms with Crippen molar-refractivity contribution in [2.45, 2.75) is 52.9 Å². The molecule has 0 aliphatic carbocycles. The number of carbonyl (C=O) groups is 2. The number of hydrogen-bond acceptors (Lipinski definition) is 5. The van der Waals surface area contributed by atoms with Gasteiger partial charge in [-0.3, -0.25) is 9.59 Å². The summed E-state index contributed by atoms with van der Waals surface area (Å²) < 4.78 is 29.0. The van der Waals surface area contributed by atoms with Crippen LogP contribution in [0.5, 0.6) is 11.5 Å². The summed E-state index contributed by atoms with van der Waals surface area (Å²) in [7, 11) is 1.35. The minimum absolute atomic E-state index is 0.0685. The molecule has 6 heteroatoms. The molecule has 1 aromatic rings. The molecule has 0 radical (unpaired) electrons. The number of unbranched alkanes of at least 4 members (excludes halogenated alkanes) is 2. The van der Waals surface area contributed by atoms with Gasteiger partial charge >= 0.3 is 11.9 Å². The Balaban J connectivity index is 2.93. The number of methoxy groups -OCH3 is 1. The van der Waals surface area contributed by atoms with Crippen LogP contribution in [0.25, 0.3) is 0 Å². The van der Waals surface area contributed by atoms with Crippen molar-refractivity contribution in [1.29, 1.82) is 0 Å². The lowest BCUT2D eigenvalue weighted by Gasteiger charge is -2.27. The molecule has 0 saturated carbocycles. The van der Waals surface area contributed by atoms with Crippen LogP contribution in [-0.2, 0) is 14.3 Å². The molecule has 0 spiro atoms. The molecule has 1 rings (SSSR count). The number of carbonyl (C=O) groups excluding carboxylic acids is 2. The number of rotatable bonds is 10. The van der Waals surface area contributed by atoms with Crippen LogP contribution in [0, 0.1) is 11.2 Å². The second-order valence-electron chi connectivity index (χ2n) is 5.82. The van der Waals surface area contributed by atoms with E-state index in [9.17, 15) is 14.0 Å². The lowest BCUT2D eigenvalue weighted by molar-refractivity contribution is -0.168. The lowest BCUT2D eigenvalue weighted by atomic mass is 9.82. The summed E-state index contributed by atoms with van der Waals surface area (Å²) in [6.45, 7) is 5.80. The zero-order valence-electron chi connectivity index (χ0n) is 15.4. The topological polar surface area (TPSA) is 61.8 Å². The van der Waals surface area contributed by atoms with Crippen LogP contribution in [0.15, 0.2) is 18.2 Å². The van der Waals surface area contributed by atoms with Gasteiger partial charge in [-0.1, -0.05) is 33.6 Å². The van der Waals surface area contributed by atoms with E-state index in [1.54, 1.807) is 13.8 Å². The smallest absolute Gasteiger partial charge is 0.328 e. The molecule has 0 aromatic heterocycles. The number of ether oxygens (including phenoxy) is 3. The molecule has 0 aliphatic rings. The van der Waals surface area contributed by atoms with E-state index < -0.39 is 23.2 Å². The highest BCUT2D eigenvalue weighted by Gasteiger charge is 2.46. The molecule has 0 unspecified atom stereocenters. The molecule has 0 saturated heterocycles. The van der Waals surface area contributed by atoms with Crippen LogP contribution in [0.3, 0.4) is 0 Å². The van der Waals surface area contributed by atoms with E-state index in [0.717, 1.165) is 31.4 Å². The van der Waals surface area contributed by atoms with E-state index in [2.05, 4.69) is 6.92 Å². The Labute approximate surface area is 148 Å². The Hall–Kier alpha value is -2.11. The van der Waals surface area contributed by atoms with E-state index in [4.69, 9.17) is 14.2 Å². The highest BCUT2D eigenvalue weighted by atomic mass is 19.1. The van der Waals surface area contributed by atoms with Crippen LogP contribution < -0.4 is 9.47 Å². The first-order chi connectivity index (χ1) is 11.9. The average Bonchev–Trinajstić information content (AvgIpc) is 2.61. The standard InChI is InChI=1S/C19H27FO5/c1-5-8-9-12-24-17(21)19(6-2,7-3)18(22)25-15-11-10-14(20)13-16(15)23-4/h10-11,13H,5-9,12H2,1-4H3. The van der Waals surface area contributed by atoms with Crippen molar-refractivity contribution in [3.8, 4) is 11.5 Å². The van der Waals surface area contributed by atoms with Crippen molar-refractivity contribution in [3.05, 3.63) is 24.0 Å². The van der Waals surface area contributed by atoms with Crippen LogP contribution in [0.4, 0.5) is 4.39 Å². The molecule has 0 N–H and O–H groups in total. The van der Waals surface area contributed by atoms with Gasteiger partial charge in [0.2, 0.25) is 0 Å². The van der Waals surface area contributed by atoms with Gasteiger partial charge in [-0.15, -0.1) is 0 Å². The summed E-state index contributed by atoms with van der Waals surface area (Å²) >= 11 is 0. The first-order valence-electron chi connectivity index (χ1n) is 8.68. The molecule has 0 fully saturated rings. The van der Waals surface area contributed by atoms with E-state index in [0.29, 0.717) is 0 Å². The van der Waals surface area contributed by atoms with Gasteiger partial charge < -0.3 is 14.2 Å². The molecular weight excluding hydrogens is 327 g/mol. The van der Waals surface area contributed by atoms with Crippen molar-refractivity contribution in [2.24, 2.45) is 5.41 Å². The predicted molar refractivity (Wildman–Crippen MR) is 92.1 cm³/mol. The molecule has 0 heterocycles. The Kier molecular flexibility index (Phi) is 8.38. The van der Waals surface area contributed by atoms with Crippen molar-refractivity contribution < 1.29 is 28.2 Å². The zero-order chi connectivity index (χ0) is 18.9. The van der Waals surface area contributed by atoms with Gasteiger partial charge in [0.05, 0.1) is 13.7 Å². The maximum Gasteiger partial charge on any atom is 0.328 e. The largest absolute Gasteiger partial charge is 0.493 e. The Morgan fingerprint density at radius 3 is 2.28 bits per heavy atom. The summed E-state index contributed by atoms with van der Waals surface area (Å²) in [5, 5.41) is 0. The lowest BCUT2D eigenvalue weighted by Crippen LogP contribution is -2.42. The van der Waals surface area contributed by atoms with Gasteiger partial charge in [-0.25, -0.2) is 4.39 Å². The minimum atomic E-state index is -1.38. The molecule has 0 bridgehead atoms. The van der Waals surface area contributed by atoms with Gasteiger partial charge in [0.25, 0.3) is 0 Å². The summed E-state index contributed by atoms with van der Waals surface area (Å²) in [6.07, 6.45) is 3.22. The fourth-order valence-corrected chi connectivity index (χ4v) is 2.49. The first-order valence-corrected chi connectivity index (χ1v) is 8.68. The summed E-state index contributed by atoms with van der Waals surface area (Å²) in [5.74, 6) is -1.66. The Morgan fingerprint density at radius 1 is 1.04 bits per heavy atom. The zero-order valence-corrected chi connectivity index (χ0v) is 15.4. The molecule has 1 aromatic carbocycles. The fraction of sp³-hybridized carbons (Fsp3) is 0.579. The monoisotopic (exact) mass is 354 g/mol. The fourth-order valence-electron chi connectivity index (χ4n) is 2.49. The summed E-state index contributed by atoms with van der Waals surface area (Å²) in [6, 6.07) is 3.58. The maximum atomic E-state index is 13.3. The number of esters is 2. The van der Waals surface area contributed by atoms with Gasteiger partial charge in [-0.05, 0) is 31.4 Å². The van der Waals surface area contributed by atoms with Crippen molar-refractivity contribution in [2.75, 3.05) is 13.7 Å².